The Morgan fingerprint density at radius 1 is 1.11 bits per heavy atom. The van der Waals surface area contributed by atoms with Crippen molar-refractivity contribution in [3.63, 3.8) is 0 Å². The second kappa shape index (κ2) is 5.81. The first-order chi connectivity index (χ1) is 9.02. The molecule has 2 fully saturated rings. The van der Waals surface area contributed by atoms with Crippen molar-refractivity contribution >= 4 is 0 Å². The van der Waals surface area contributed by atoms with E-state index in [1.807, 2.05) is 6.92 Å². The molecule has 0 aromatic heterocycles. The van der Waals surface area contributed by atoms with Gasteiger partial charge in [0.1, 0.15) is 0 Å². The van der Waals surface area contributed by atoms with Crippen molar-refractivity contribution in [2.45, 2.75) is 45.4 Å². The van der Waals surface area contributed by atoms with Gasteiger partial charge in [-0.2, -0.15) is 0 Å². The summed E-state index contributed by atoms with van der Waals surface area (Å²) in [7, 11) is 0. The van der Waals surface area contributed by atoms with Gasteiger partial charge in [-0.25, -0.2) is 0 Å². The second-order valence-corrected chi connectivity index (χ2v) is 6.12. The maximum atomic E-state index is 4.33. The molecule has 1 saturated heterocycles. The SMILES string of the molecule is C=C(C)C(=C)CCCN1C(=C)C2CCCCC2C1=C. The van der Waals surface area contributed by atoms with Gasteiger partial charge in [-0.15, -0.1) is 0 Å². The summed E-state index contributed by atoms with van der Waals surface area (Å²) in [5.74, 6) is 1.34. The average Bonchev–Trinajstić information content (AvgIpc) is 2.64. The van der Waals surface area contributed by atoms with E-state index >= 15 is 0 Å². The molecule has 2 rings (SSSR count). The van der Waals surface area contributed by atoms with E-state index in [2.05, 4.69) is 31.2 Å². The summed E-state index contributed by atoms with van der Waals surface area (Å²) in [4.78, 5) is 2.38. The van der Waals surface area contributed by atoms with E-state index in [-0.39, 0.29) is 0 Å². The smallest absolute Gasteiger partial charge is 0.0227 e. The van der Waals surface area contributed by atoms with Gasteiger partial charge in [-0.3, -0.25) is 0 Å². The molecule has 2 unspecified atom stereocenters. The molecule has 1 nitrogen and oxygen atoms in total. The van der Waals surface area contributed by atoms with Crippen LogP contribution in [0.3, 0.4) is 0 Å². The number of nitrogens with zero attached hydrogens (tertiary/aromatic N) is 1. The zero-order valence-corrected chi connectivity index (χ0v) is 12.4. The molecule has 0 aromatic carbocycles. The van der Waals surface area contributed by atoms with Gasteiger partial charge >= 0.3 is 0 Å². The van der Waals surface area contributed by atoms with Crippen LogP contribution in [-0.4, -0.2) is 11.4 Å². The molecule has 0 amide bonds. The quantitative estimate of drug-likeness (QED) is 0.623. The highest BCUT2D eigenvalue weighted by Gasteiger charge is 2.39. The Bertz CT molecular complexity index is 391. The van der Waals surface area contributed by atoms with Crippen LogP contribution in [0.15, 0.2) is 48.9 Å². The molecule has 0 spiro atoms. The minimum Gasteiger partial charge on any atom is -0.349 e. The first-order valence-electron chi connectivity index (χ1n) is 7.51. The molecule has 19 heavy (non-hydrogen) atoms. The summed E-state index contributed by atoms with van der Waals surface area (Å²) in [5, 5.41) is 0. The molecular weight excluding hydrogens is 230 g/mol. The molecule has 2 atom stereocenters. The normalized spacial score (nSPS) is 26.5. The van der Waals surface area contributed by atoms with E-state index in [0.717, 1.165) is 25.0 Å². The van der Waals surface area contributed by atoms with Gasteiger partial charge in [0.25, 0.3) is 0 Å². The van der Waals surface area contributed by atoms with Crippen LogP contribution in [0, 0.1) is 11.8 Å². The van der Waals surface area contributed by atoms with Crippen molar-refractivity contribution in [2.24, 2.45) is 11.8 Å². The molecule has 0 N–H and O–H groups in total. The average molecular weight is 257 g/mol. The maximum Gasteiger partial charge on any atom is 0.0227 e. The summed E-state index contributed by atoms with van der Waals surface area (Å²) in [6, 6.07) is 0. The molecule has 1 aliphatic carbocycles. The predicted molar refractivity (Wildman–Crippen MR) is 83.6 cm³/mol. The predicted octanol–water partition coefficient (Wildman–Crippen LogP) is 5.05. The lowest BCUT2D eigenvalue weighted by molar-refractivity contribution is 0.338. The third-order valence-electron chi connectivity index (χ3n) is 4.78. The topological polar surface area (TPSA) is 3.24 Å². The lowest BCUT2D eigenvalue weighted by Crippen LogP contribution is -2.18. The van der Waals surface area contributed by atoms with Crippen LogP contribution in [0.4, 0.5) is 0 Å². The Balaban J connectivity index is 1.90. The minimum absolute atomic E-state index is 0.672. The molecule has 2 aliphatic rings. The fourth-order valence-corrected chi connectivity index (χ4v) is 3.46. The van der Waals surface area contributed by atoms with Gasteiger partial charge in [-0.1, -0.05) is 50.3 Å². The molecule has 0 aromatic rings. The third-order valence-corrected chi connectivity index (χ3v) is 4.78. The van der Waals surface area contributed by atoms with E-state index in [1.54, 1.807) is 0 Å². The van der Waals surface area contributed by atoms with Crippen LogP contribution < -0.4 is 0 Å². The highest BCUT2D eigenvalue weighted by molar-refractivity contribution is 5.26. The van der Waals surface area contributed by atoms with Gasteiger partial charge in [0, 0.05) is 29.8 Å². The van der Waals surface area contributed by atoms with Crippen molar-refractivity contribution in [1.29, 1.82) is 0 Å². The minimum atomic E-state index is 0.672. The summed E-state index contributed by atoms with van der Waals surface area (Å²) in [6.45, 7) is 19.7. The highest BCUT2D eigenvalue weighted by Crippen LogP contribution is 2.47. The number of rotatable bonds is 5. The third kappa shape index (κ3) is 2.86. The Morgan fingerprint density at radius 3 is 2.11 bits per heavy atom. The molecular formula is C18H27N. The van der Waals surface area contributed by atoms with Crippen molar-refractivity contribution < 1.29 is 0 Å². The van der Waals surface area contributed by atoms with Crippen LogP contribution in [0.25, 0.3) is 0 Å². The number of fused-ring (bicyclic) bond motifs is 1. The van der Waals surface area contributed by atoms with E-state index in [9.17, 15) is 0 Å². The van der Waals surface area contributed by atoms with E-state index < -0.39 is 0 Å². The van der Waals surface area contributed by atoms with Crippen LogP contribution in [0.1, 0.15) is 45.4 Å². The zero-order valence-electron chi connectivity index (χ0n) is 12.4. The summed E-state index contributed by atoms with van der Waals surface area (Å²) < 4.78 is 0. The van der Waals surface area contributed by atoms with Crippen molar-refractivity contribution in [3.05, 3.63) is 48.9 Å². The van der Waals surface area contributed by atoms with Gasteiger partial charge in [0.15, 0.2) is 0 Å². The summed E-state index contributed by atoms with van der Waals surface area (Å²) in [5.41, 5.74) is 4.91. The van der Waals surface area contributed by atoms with Gasteiger partial charge < -0.3 is 4.90 Å². The fourth-order valence-electron chi connectivity index (χ4n) is 3.46. The monoisotopic (exact) mass is 257 g/mol. The first kappa shape index (κ1) is 14.2. The fraction of sp³-hybridized carbons (Fsp3) is 0.556. The van der Waals surface area contributed by atoms with E-state index in [1.165, 1.54) is 42.7 Å². The Labute approximate surface area is 118 Å². The van der Waals surface area contributed by atoms with Crippen LogP contribution >= 0.6 is 0 Å². The second-order valence-electron chi connectivity index (χ2n) is 6.12. The van der Waals surface area contributed by atoms with Gasteiger partial charge in [0.05, 0.1) is 0 Å². The number of hydrogen-bond acceptors (Lipinski definition) is 1. The van der Waals surface area contributed by atoms with Crippen LogP contribution in [-0.2, 0) is 0 Å². The standard InChI is InChI=1S/C18H27N/c1-13(2)14(3)9-8-12-19-15(4)17-10-6-7-11-18(17)16(19)5/h17-18H,1,3-12H2,2H3. The first-order valence-corrected chi connectivity index (χ1v) is 7.51. The molecule has 1 heteroatoms. The van der Waals surface area contributed by atoms with Gasteiger partial charge in [0.2, 0.25) is 0 Å². The highest BCUT2D eigenvalue weighted by atomic mass is 15.2. The van der Waals surface area contributed by atoms with E-state index in [4.69, 9.17) is 0 Å². The number of hydrogen-bond donors (Lipinski definition) is 0. The number of likely N-dealkylation sites (tertiary alicyclic amines) is 1. The molecule has 1 aliphatic heterocycles. The molecule has 0 radical (unpaired) electrons. The van der Waals surface area contributed by atoms with Crippen molar-refractivity contribution in [3.8, 4) is 0 Å². The Morgan fingerprint density at radius 2 is 1.63 bits per heavy atom. The van der Waals surface area contributed by atoms with Gasteiger partial charge in [-0.05, 0) is 32.6 Å². The van der Waals surface area contributed by atoms with E-state index in [0.29, 0.717) is 11.8 Å². The molecule has 1 heterocycles. The molecule has 104 valence electrons. The van der Waals surface area contributed by atoms with Crippen LogP contribution in [0.5, 0.6) is 0 Å². The molecule has 1 saturated carbocycles. The molecule has 0 bridgehead atoms. The lowest BCUT2D eigenvalue weighted by Gasteiger charge is -2.23. The zero-order chi connectivity index (χ0) is 14.0. The number of allylic oxidation sites excluding steroid dienone is 4. The summed E-state index contributed by atoms with van der Waals surface area (Å²) >= 11 is 0. The largest absolute Gasteiger partial charge is 0.349 e. The van der Waals surface area contributed by atoms with Crippen molar-refractivity contribution in [2.75, 3.05) is 6.54 Å². The van der Waals surface area contributed by atoms with Crippen molar-refractivity contribution in [1.82, 2.24) is 4.90 Å². The van der Waals surface area contributed by atoms with Crippen LogP contribution in [0.2, 0.25) is 0 Å². The lowest BCUT2D eigenvalue weighted by atomic mass is 9.79. The maximum absolute atomic E-state index is 4.33. The Kier molecular flexibility index (Phi) is 4.34. The Hall–Kier alpha value is -1.24. The summed E-state index contributed by atoms with van der Waals surface area (Å²) in [6.07, 6.45) is 7.46.